The quantitative estimate of drug-likeness (QED) is 0.782. The van der Waals surface area contributed by atoms with Crippen molar-refractivity contribution in [2.24, 2.45) is 0 Å². The standard InChI is InChI=1S/C14H20BrNO3/c1-4-5-10(15)9-16-14(17)12-7-6-11(18-2)8-13(12)19-3/h6-8,10H,4-5,9H2,1-3H3,(H,16,17). The van der Waals surface area contributed by atoms with E-state index in [4.69, 9.17) is 9.47 Å². The number of nitrogens with one attached hydrogen (secondary N) is 1. The van der Waals surface area contributed by atoms with Gasteiger partial charge in [-0.15, -0.1) is 0 Å². The van der Waals surface area contributed by atoms with Crippen LogP contribution in [0.5, 0.6) is 11.5 Å². The molecule has 0 saturated heterocycles. The lowest BCUT2D eigenvalue weighted by molar-refractivity contribution is 0.0950. The van der Waals surface area contributed by atoms with Crippen LogP contribution in [0.2, 0.25) is 0 Å². The molecular weight excluding hydrogens is 310 g/mol. The normalized spacial score (nSPS) is 11.8. The maximum atomic E-state index is 12.1. The third kappa shape index (κ3) is 4.74. The molecule has 0 heterocycles. The number of benzene rings is 1. The molecule has 1 N–H and O–H groups in total. The second kappa shape index (κ2) is 8.04. The molecule has 0 fully saturated rings. The molecule has 1 amide bonds. The monoisotopic (exact) mass is 329 g/mol. The van der Waals surface area contributed by atoms with E-state index in [2.05, 4.69) is 28.2 Å². The maximum Gasteiger partial charge on any atom is 0.255 e. The van der Waals surface area contributed by atoms with E-state index in [0.29, 0.717) is 28.4 Å². The van der Waals surface area contributed by atoms with Crippen molar-refractivity contribution >= 4 is 21.8 Å². The highest BCUT2D eigenvalue weighted by Crippen LogP contribution is 2.24. The third-order valence-corrected chi connectivity index (χ3v) is 3.52. The largest absolute Gasteiger partial charge is 0.497 e. The van der Waals surface area contributed by atoms with Crippen LogP contribution in [-0.2, 0) is 0 Å². The minimum Gasteiger partial charge on any atom is -0.497 e. The van der Waals surface area contributed by atoms with Crippen LogP contribution >= 0.6 is 15.9 Å². The minimum absolute atomic E-state index is 0.139. The molecule has 0 saturated carbocycles. The maximum absolute atomic E-state index is 12.1. The first-order chi connectivity index (χ1) is 9.12. The summed E-state index contributed by atoms with van der Waals surface area (Å²) in [6, 6.07) is 5.15. The van der Waals surface area contributed by atoms with Crippen molar-refractivity contribution in [1.82, 2.24) is 5.32 Å². The lowest BCUT2D eigenvalue weighted by Gasteiger charge is -2.13. The molecule has 5 heteroatoms. The molecule has 1 unspecified atom stereocenters. The third-order valence-electron chi connectivity index (χ3n) is 2.74. The first-order valence-corrected chi connectivity index (χ1v) is 7.18. The van der Waals surface area contributed by atoms with Gasteiger partial charge in [0, 0.05) is 17.4 Å². The van der Waals surface area contributed by atoms with Gasteiger partial charge in [-0.05, 0) is 18.6 Å². The number of amides is 1. The summed E-state index contributed by atoms with van der Waals surface area (Å²) >= 11 is 3.53. The highest BCUT2D eigenvalue weighted by atomic mass is 79.9. The summed E-state index contributed by atoms with van der Waals surface area (Å²) in [4.78, 5) is 12.4. The lowest BCUT2D eigenvalue weighted by atomic mass is 10.1. The van der Waals surface area contributed by atoms with Crippen LogP contribution in [0.25, 0.3) is 0 Å². The molecule has 106 valence electrons. The summed E-state index contributed by atoms with van der Waals surface area (Å²) in [6.07, 6.45) is 2.11. The zero-order valence-corrected chi connectivity index (χ0v) is 13.1. The number of ether oxygens (including phenoxy) is 2. The van der Waals surface area contributed by atoms with Crippen molar-refractivity contribution in [3.8, 4) is 11.5 Å². The fourth-order valence-electron chi connectivity index (χ4n) is 1.70. The summed E-state index contributed by atoms with van der Waals surface area (Å²) < 4.78 is 10.3. The molecule has 0 aliphatic rings. The van der Waals surface area contributed by atoms with Crippen molar-refractivity contribution in [3.05, 3.63) is 23.8 Å². The molecule has 0 aliphatic carbocycles. The first-order valence-electron chi connectivity index (χ1n) is 6.26. The minimum atomic E-state index is -0.139. The van der Waals surface area contributed by atoms with Crippen LogP contribution in [0.3, 0.4) is 0 Å². The van der Waals surface area contributed by atoms with Gasteiger partial charge in [0.2, 0.25) is 0 Å². The highest BCUT2D eigenvalue weighted by molar-refractivity contribution is 9.09. The summed E-state index contributed by atoms with van der Waals surface area (Å²) in [6.45, 7) is 2.71. The molecule has 1 aromatic rings. The number of carbonyl (C=O) groups is 1. The van der Waals surface area contributed by atoms with E-state index < -0.39 is 0 Å². The summed E-state index contributed by atoms with van der Waals surface area (Å²) in [5.74, 6) is 1.04. The van der Waals surface area contributed by atoms with E-state index in [1.54, 1.807) is 25.3 Å². The Morgan fingerprint density at radius 1 is 1.37 bits per heavy atom. The van der Waals surface area contributed by atoms with Crippen molar-refractivity contribution in [2.75, 3.05) is 20.8 Å². The predicted molar refractivity (Wildman–Crippen MR) is 79.5 cm³/mol. The van der Waals surface area contributed by atoms with Gasteiger partial charge in [0.1, 0.15) is 11.5 Å². The van der Waals surface area contributed by atoms with Crippen molar-refractivity contribution in [3.63, 3.8) is 0 Å². The Bertz CT molecular complexity index is 423. The van der Waals surface area contributed by atoms with Crippen LogP contribution in [0, 0.1) is 0 Å². The van der Waals surface area contributed by atoms with Crippen LogP contribution in [0.15, 0.2) is 18.2 Å². The fraction of sp³-hybridized carbons (Fsp3) is 0.500. The molecule has 1 rings (SSSR count). The fourth-order valence-corrected chi connectivity index (χ4v) is 2.32. The van der Waals surface area contributed by atoms with E-state index in [0.717, 1.165) is 12.8 Å². The molecule has 4 nitrogen and oxygen atoms in total. The number of carbonyl (C=O) groups excluding carboxylic acids is 1. The Kier molecular flexibility index (Phi) is 6.70. The smallest absolute Gasteiger partial charge is 0.255 e. The Labute approximate surface area is 122 Å². The number of alkyl halides is 1. The average Bonchev–Trinajstić information content (AvgIpc) is 2.44. The Balaban J connectivity index is 2.71. The van der Waals surface area contributed by atoms with Crippen molar-refractivity contribution in [1.29, 1.82) is 0 Å². The Morgan fingerprint density at radius 3 is 2.68 bits per heavy atom. The molecule has 1 atom stereocenters. The van der Waals surface area contributed by atoms with E-state index >= 15 is 0 Å². The van der Waals surface area contributed by atoms with E-state index in [1.807, 2.05) is 0 Å². The van der Waals surface area contributed by atoms with Gasteiger partial charge in [-0.25, -0.2) is 0 Å². The number of hydrogen-bond donors (Lipinski definition) is 1. The highest BCUT2D eigenvalue weighted by Gasteiger charge is 2.14. The molecule has 0 bridgehead atoms. The van der Waals surface area contributed by atoms with Gasteiger partial charge in [0.05, 0.1) is 19.8 Å². The summed E-state index contributed by atoms with van der Waals surface area (Å²) in [7, 11) is 3.12. The van der Waals surface area contributed by atoms with Crippen LogP contribution in [0.1, 0.15) is 30.1 Å². The SMILES string of the molecule is CCCC(Br)CNC(=O)c1ccc(OC)cc1OC. The molecular formula is C14H20BrNO3. The Morgan fingerprint density at radius 2 is 2.11 bits per heavy atom. The van der Waals surface area contributed by atoms with Crippen LogP contribution in [-0.4, -0.2) is 31.5 Å². The molecule has 0 aliphatic heterocycles. The Hall–Kier alpha value is -1.23. The number of halogens is 1. The second-order valence-electron chi connectivity index (χ2n) is 4.16. The zero-order chi connectivity index (χ0) is 14.3. The molecule has 1 aromatic carbocycles. The number of hydrogen-bond acceptors (Lipinski definition) is 3. The molecule has 0 aromatic heterocycles. The van der Waals surface area contributed by atoms with Gasteiger partial charge in [-0.1, -0.05) is 29.3 Å². The van der Waals surface area contributed by atoms with Crippen LogP contribution in [0.4, 0.5) is 0 Å². The van der Waals surface area contributed by atoms with Gasteiger partial charge in [0.25, 0.3) is 5.91 Å². The van der Waals surface area contributed by atoms with Gasteiger partial charge < -0.3 is 14.8 Å². The first kappa shape index (κ1) is 15.8. The van der Waals surface area contributed by atoms with E-state index in [9.17, 15) is 4.79 Å². The van der Waals surface area contributed by atoms with Crippen molar-refractivity contribution in [2.45, 2.75) is 24.6 Å². The summed E-state index contributed by atoms with van der Waals surface area (Å²) in [5.41, 5.74) is 0.513. The topological polar surface area (TPSA) is 47.6 Å². The van der Waals surface area contributed by atoms with Gasteiger partial charge in [0.15, 0.2) is 0 Å². The van der Waals surface area contributed by atoms with E-state index in [-0.39, 0.29) is 5.91 Å². The van der Waals surface area contributed by atoms with Gasteiger partial charge >= 0.3 is 0 Å². The second-order valence-corrected chi connectivity index (χ2v) is 5.46. The molecule has 19 heavy (non-hydrogen) atoms. The molecule has 0 spiro atoms. The molecule has 0 radical (unpaired) electrons. The number of rotatable bonds is 7. The average molecular weight is 330 g/mol. The van der Waals surface area contributed by atoms with E-state index in [1.165, 1.54) is 7.11 Å². The predicted octanol–water partition coefficient (Wildman–Crippen LogP) is 3.00. The van der Waals surface area contributed by atoms with Gasteiger partial charge in [-0.2, -0.15) is 0 Å². The van der Waals surface area contributed by atoms with Crippen LogP contribution < -0.4 is 14.8 Å². The van der Waals surface area contributed by atoms with Gasteiger partial charge in [-0.3, -0.25) is 4.79 Å². The zero-order valence-electron chi connectivity index (χ0n) is 11.5. The summed E-state index contributed by atoms with van der Waals surface area (Å²) in [5, 5.41) is 2.89. The lowest BCUT2D eigenvalue weighted by Crippen LogP contribution is -2.29. The number of methoxy groups -OCH3 is 2. The van der Waals surface area contributed by atoms with Crippen molar-refractivity contribution < 1.29 is 14.3 Å².